The van der Waals surface area contributed by atoms with E-state index < -0.39 is 14.9 Å². The molecule has 0 N–H and O–H groups in total. The van der Waals surface area contributed by atoms with Crippen LogP contribution in [-0.4, -0.2) is 8.42 Å². The first kappa shape index (κ1) is 10.8. The number of alkyl halides is 1. The molecule has 0 saturated carbocycles. The quantitative estimate of drug-likeness (QED) is 0.590. The van der Waals surface area contributed by atoms with Gasteiger partial charge < -0.3 is 0 Å². The number of benzene rings is 1. The summed E-state index contributed by atoms with van der Waals surface area (Å²) >= 11 is 5.38. The topological polar surface area (TPSA) is 34.1 Å². The maximum absolute atomic E-state index is 13.0. The minimum absolute atomic E-state index is 0.0980. The van der Waals surface area contributed by atoms with E-state index in [1.165, 1.54) is 12.1 Å². The Morgan fingerprint density at radius 1 is 1.38 bits per heavy atom. The highest BCUT2D eigenvalue weighted by atomic mass is 35.7. The van der Waals surface area contributed by atoms with Crippen LogP contribution in [0.25, 0.3) is 0 Å². The van der Waals surface area contributed by atoms with Crippen LogP contribution >= 0.6 is 22.3 Å². The molecule has 0 fully saturated rings. The number of halogens is 3. The van der Waals surface area contributed by atoms with Crippen molar-refractivity contribution in [2.45, 2.75) is 10.8 Å². The van der Waals surface area contributed by atoms with Gasteiger partial charge in [-0.25, -0.2) is 12.8 Å². The molecule has 1 rings (SSSR count). The summed E-state index contributed by atoms with van der Waals surface area (Å²) in [5.74, 6) is -0.898. The molecular weight excluding hydrogens is 238 g/mol. The number of hydrogen-bond donors (Lipinski definition) is 0. The van der Waals surface area contributed by atoms with Gasteiger partial charge in [0.25, 0.3) is 9.05 Å². The molecule has 0 amide bonds. The van der Waals surface area contributed by atoms with Gasteiger partial charge in [-0.05, 0) is 12.1 Å². The Labute approximate surface area is 84.7 Å². The first-order valence-electron chi connectivity index (χ1n) is 3.25. The fourth-order valence-electron chi connectivity index (χ4n) is 0.897. The maximum Gasteiger partial charge on any atom is 0.261 e. The van der Waals surface area contributed by atoms with E-state index in [0.29, 0.717) is 0 Å². The van der Waals surface area contributed by atoms with Crippen LogP contribution in [0, 0.1) is 5.82 Å². The Bertz CT molecular complexity index is 417. The van der Waals surface area contributed by atoms with E-state index in [4.69, 9.17) is 22.3 Å². The van der Waals surface area contributed by atoms with Crippen LogP contribution in [-0.2, 0) is 14.9 Å². The molecule has 6 heteroatoms. The lowest BCUT2D eigenvalue weighted by molar-refractivity contribution is 0.595. The molecule has 0 unspecified atom stereocenters. The van der Waals surface area contributed by atoms with Crippen LogP contribution in [0.1, 0.15) is 5.56 Å². The summed E-state index contributed by atoms with van der Waals surface area (Å²) in [6, 6.07) is 3.60. The molecule has 0 atom stereocenters. The minimum atomic E-state index is -3.92. The minimum Gasteiger partial charge on any atom is -0.207 e. The second-order valence-corrected chi connectivity index (χ2v) is 5.09. The standard InChI is InChI=1S/C7H5Cl2FO2S/c8-4-5-6(10)2-1-3-7(5)13(9,11)12/h1-3H,4H2. The maximum atomic E-state index is 13.0. The van der Waals surface area contributed by atoms with Gasteiger partial charge in [0.15, 0.2) is 0 Å². The van der Waals surface area contributed by atoms with Crippen molar-refractivity contribution in [2.75, 3.05) is 0 Å². The second kappa shape index (κ2) is 3.82. The summed E-state index contributed by atoms with van der Waals surface area (Å²) in [7, 11) is 1.14. The van der Waals surface area contributed by atoms with E-state index in [2.05, 4.69) is 0 Å². The average molecular weight is 243 g/mol. The highest BCUT2D eigenvalue weighted by Gasteiger charge is 2.17. The molecule has 1 aromatic carbocycles. The van der Waals surface area contributed by atoms with Crippen molar-refractivity contribution in [1.82, 2.24) is 0 Å². The third-order valence-corrected chi connectivity index (χ3v) is 3.15. The molecule has 0 aromatic heterocycles. The zero-order chi connectivity index (χ0) is 10.1. The van der Waals surface area contributed by atoms with Crippen molar-refractivity contribution in [1.29, 1.82) is 0 Å². The fourth-order valence-corrected chi connectivity index (χ4v) is 2.39. The molecule has 0 saturated heterocycles. The van der Waals surface area contributed by atoms with Crippen LogP contribution < -0.4 is 0 Å². The van der Waals surface area contributed by atoms with Crippen molar-refractivity contribution in [3.8, 4) is 0 Å². The molecular formula is C7H5Cl2FO2S. The molecule has 0 bridgehead atoms. The Kier molecular flexibility index (Phi) is 3.16. The van der Waals surface area contributed by atoms with Gasteiger partial charge in [0.1, 0.15) is 5.82 Å². The van der Waals surface area contributed by atoms with E-state index in [1.807, 2.05) is 0 Å². The first-order valence-corrected chi connectivity index (χ1v) is 6.09. The van der Waals surface area contributed by atoms with Crippen molar-refractivity contribution in [3.05, 3.63) is 29.6 Å². The van der Waals surface area contributed by atoms with Gasteiger partial charge in [0.2, 0.25) is 0 Å². The molecule has 0 spiro atoms. The SMILES string of the molecule is O=S(=O)(Cl)c1cccc(F)c1CCl. The molecule has 0 heterocycles. The third-order valence-electron chi connectivity index (χ3n) is 1.47. The van der Waals surface area contributed by atoms with Gasteiger partial charge in [-0.3, -0.25) is 0 Å². The van der Waals surface area contributed by atoms with E-state index in [-0.39, 0.29) is 16.3 Å². The average Bonchev–Trinajstić information content (AvgIpc) is 2.02. The van der Waals surface area contributed by atoms with E-state index >= 15 is 0 Å². The summed E-state index contributed by atoms with van der Waals surface area (Å²) in [6.45, 7) is 0. The lowest BCUT2D eigenvalue weighted by atomic mass is 10.2. The fraction of sp³-hybridized carbons (Fsp3) is 0.143. The number of rotatable bonds is 2. The summed E-state index contributed by atoms with van der Waals surface area (Å²) in [6.07, 6.45) is 0. The van der Waals surface area contributed by atoms with Crippen LogP contribution in [0.15, 0.2) is 23.1 Å². The van der Waals surface area contributed by atoms with Gasteiger partial charge in [0, 0.05) is 16.2 Å². The van der Waals surface area contributed by atoms with Crippen molar-refractivity contribution >= 4 is 31.3 Å². The third kappa shape index (κ3) is 2.33. The molecule has 0 aliphatic rings. The normalized spacial score (nSPS) is 11.6. The van der Waals surface area contributed by atoms with Crippen molar-refractivity contribution < 1.29 is 12.8 Å². The van der Waals surface area contributed by atoms with Crippen LogP contribution in [0.2, 0.25) is 0 Å². The zero-order valence-corrected chi connectivity index (χ0v) is 8.63. The largest absolute Gasteiger partial charge is 0.261 e. The van der Waals surface area contributed by atoms with Crippen molar-refractivity contribution in [2.24, 2.45) is 0 Å². The Morgan fingerprint density at radius 2 is 2.00 bits per heavy atom. The first-order chi connectivity index (χ1) is 5.96. The van der Waals surface area contributed by atoms with E-state index in [0.717, 1.165) is 6.07 Å². The van der Waals surface area contributed by atoms with Gasteiger partial charge in [-0.15, -0.1) is 11.6 Å². The van der Waals surface area contributed by atoms with Crippen LogP contribution in [0.3, 0.4) is 0 Å². The monoisotopic (exact) mass is 242 g/mol. The summed E-state index contributed by atoms with van der Waals surface area (Å²) in [4.78, 5) is -0.274. The molecule has 0 radical (unpaired) electrons. The lowest BCUT2D eigenvalue weighted by Gasteiger charge is -2.03. The molecule has 0 aliphatic heterocycles. The molecule has 72 valence electrons. The van der Waals surface area contributed by atoms with Gasteiger partial charge in [-0.1, -0.05) is 6.07 Å². The predicted molar refractivity (Wildman–Crippen MR) is 49.0 cm³/mol. The van der Waals surface area contributed by atoms with Gasteiger partial charge >= 0.3 is 0 Å². The van der Waals surface area contributed by atoms with Crippen LogP contribution in [0.4, 0.5) is 4.39 Å². The number of hydrogen-bond acceptors (Lipinski definition) is 2. The smallest absolute Gasteiger partial charge is 0.207 e. The lowest BCUT2D eigenvalue weighted by Crippen LogP contribution is -1.98. The Morgan fingerprint density at radius 3 is 2.38 bits per heavy atom. The predicted octanol–water partition coefficient (Wildman–Crippen LogP) is 2.49. The van der Waals surface area contributed by atoms with E-state index in [9.17, 15) is 12.8 Å². The molecule has 13 heavy (non-hydrogen) atoms. The summed E-state index contributed by atoms with van der Waals surface area (Å²) in [5.41, 5.74) is -0.0980. The molecule has 1 aromatic rings. The highest BCUT2D eigenvalue weighted by molar-refractivity contribution is 8.13. The van der Waals surface area contributed by atoms with Gasteiger partial charge in [0.05, 0.1) is 10.8 Å². The molecule has 0 aliphatic carbocycles. The Hall–Kier alpha value is -0.320. The zero-order valence-electron chi connectivity index (χ0n) is 6.30. The van der Waals surface area contributed by atoms with Crippen molar-refractivity contribution in [3.63, 3.8) is 0 Å². The molecule has 2 nitrogen and oxygen atoms in total. The highest BCUT2D eigenvalue weighted by Crippen LogP contribution is 2.23. The Balaban J connectivity index is 3.47. The van der Waals surface area contributed by atoms with Gasteiger partial charge in [-0.2, -0.15) is 0 Å². The summed E-state index contributed by atoms with van der Waals surface area (Å²) < 4.78 is 34.8. The second-order valence-electron chi connectivity index (χ2n) is 2.29. The van der Waals surface area contributed by atoms with Crippen LogP contribution in [0.5, 0.6) is 0 Å². The summed E-state index contributed by atoms with van der Waals surface area (Å²) in [5, 5.41) is 0. The van der Waals surface area contributed by atoms with E-state index in [1.54, 1.807) is 0 Å².